The van der Waals surface area contributed by atoms with Crippen LogP contribution >= 0.6 is 23.2 Å². The lowest BCUT2D eigenvalue weighted by Crippen LogP contribution is -2.07. The molecule has 0 saturated heterocycles. The van der Waals surface area contributed by atoms with Crippen molar-refractivity contribution >= 4 is 34.7 Å². The van der Waals surface area contributed by atoms with Crippen LogP contribution in [-0.2, 0) is 0 Å². The van der Waals surface area contributed by atoms with Crippen LogP contribution in [0.1, 0.15) is 36.0 Å². The van der Waals surface area contributed by atoms with E-state index >= 15 is 0 Å². The van der Waals surface area contributed by atoms with Gasteiger partial charge in [-0.05, 0) is 43.4 Å². The van der Waals surface area contributed by atoms with Crippen LogP contribution in [0.25, 0.3) is 0 Å². The summed E-state index contributed by atoms with van der Waals surface area (Å²) in [7, 11) is 0. The highest BCUT2D eigenvalue weighted by Gasteiger charge is 2.16. The summed E-state index contributed by atoms with van der Waals surface area (Å²) < 4.78 is 0. The van der Waals surface area contributed by atoms with Crippen LogP contribution in [0, 0.1) is 0 Å². The van der Waals surface area contributed by atoms with Crippen LogP contribution in [0.2, 0.25) is 10.0 Å². The van der Waals surface area contributed by atoms with E-state index in [1.165, 1.54) is 0 Å². The Labute approximate surface area is 110 Å². The maximum absolute atomic E-state index is 12.2. The second-order valence-corrected chi connectivity index (χ2v) is 4.97. The molecule has 1 aromatic rings. The summed E-state index contributed by atoms with van der Waals surface area (Å²) in [5, 5.41) is 0.662. The molecule has 2 N–H and O–H groups in total. The molecule has 0 atom stereocenters. The zero-order valence-corrected chi connectivity index (χ0v) is 10.8. The lowest BCUT2D eigenvalue weighted by molar-refractivity contribution is 0.102. The summed E-state index contributed by atoms with van der Waals surface area (Å²) in [6, 6.07) is 3.17. The smallest absolute Gasteiger partial charge is 0.188 e. The first-order valence-corrected chi connectivity index (χ1v) is 6.33. The van der Waals surface area contributed by atoms with E-state index in [9.17, 15) is 4.79 Å². The predicted molar refractivity (Wildman–Crippen MR) is 71.8 cm³/mol. The number of halogens is 2. The molecule has 17 heavy (non-hydrogen) atoms. The molecule has 2 nitrogen and oxygen atoms in total. The standard InChI is InChI=1S/C13H13Cl2NO/c14-10-6-9(7-11(15)12(10)16)13(17)8-4-2-1-3-5-8/h4,6-7H,1-3,5,16H2. The number of hydrogen-bond donors (Lipinski definition) is 1. The Bertz CT molecular complexity index is 471. The largest absolute Gasteiger partial charge is 0.396 e. The number of hydrogen-bond acceptors (Lipinski definition) is 2. The van der Waals surface area contributed by atoms with Gasteiger partial charge in [-0.3, -0.25) is 4.79 Å². The van der Waals surface area contributed by atoms with Crippen LogP contribution in [-0.4, -0.2) is 5.78 Å². The Kier molecular flexibility index (Phi) is 3.75. The highest BCUT2D eigenvalue weighted by molar-refractivity contribution is 6.39. The third kappa shape index (κ3) is 2.64. The van der Waals surface area contributed by atoms with E-state index in [0.717, 1.165) is 31.3 Å². The molecule has 0 radical (unpaired) electrons. The second-order valence-electron chi connectivity index (χ2n) is 4.16. The number of nitrogens with two attached hydrogens (primary N) is 1. The van der Waals surface area contributed by atoms with Gasteiger partial charge in [0.25, 0.3) is 0 Å². The first-order chi connectivity index (χ1) is 8.09. The normalized spacial score (nSPS) is 15.5. The molecule has 0 heterocycles. The maximum atomic E-state index is 12.2. The van der Waals surface area contributed by atoms with Gasteiger partial charge >= 0.3 is 0 Å². The number of nitrogen functional groups attached to an aromatic ring is 1. The molecule has 4 heteroatoms. The van der Waals surface area contributed by atoms with Gasteiger partial charge in [0.15, 0.2) is 5.78 Å². The van der Waals surface area contributed by atoms with Gasteiger partial charge in [-0.25, -0.2) is 0 Å². The van der Waals surface area contributed by atoms with Crippen molar-refractivity contribution in [3.05, 3.63) is 39.4 Å². The molecule has 0 aliphatic heterocycles. The van der Waals surface area contributed by atoms with E-state index in [0.29, 0.717) is 21.3 Å². The van der Waals surface area contributed by atoms with Crippen LogP contribution in [0.3, 0.4) is 0 Å². The third-order valence-corrected chi connectivity index (χ3v) is 3.55. The molecular formula is C13H13Cl2NO. The maximum Gasteiger partial charge on any atom is 0.188 e. The number of Topliss-reactive ketones (excluding diaryl/α,β-unsaturated/α-hetero) is 1. The molecule has 1 aliphatic carbocycles. The lowest BCUT2D eigenvalue weighted by Gasteiger charge is -2.12. The fourth-order valence-corrected chi connectivity index (χ4v) is 2.43. The highest BCUT2D eigenvalue weighted by atomic mass is 35.5. The quantitative estimate of drug-likeness (QED) is 0.644. The molecule has 1 aliphatic rings. The van der Waals surface area contributed by atoms with Gasteiger partial charge in [-0.15, -0.1) is 0 Å². The number of rotatable bonds is 2. The predicted octanol–water partition coefficient (Wildman–Crippen LogP) is 4.26. The summed E-state index contributed by atoms with van der Waals surface area (Å²) in [6.45, 7) is 0. The fraction of sp³-hybridized carbons (Fsp3) is 0.308. The molecule has 0 unspecified atom stereocenters. The summed E-state index contributed by atoms with van der Waals surface area (Å²) in [4.78, 5) is 12.2. The number of ketones is 1. The van der Waals surface area contributed by atoms with Crippen molar-refractivity contribution < 1.29 is 4.79 Å². The number of allylic oxidation sites excluding steroid dienone is 2. The zero-order chi connectivity index (χ0) is 12.4. The number of benzene rings is 1. The monoisotopic (exact) mass is 269 g/mol. The van der Waals surface area contributed by atoms with E-state index in [4.69, 9.17) is 28.9 Å². The van der Waals surface area contributed by atoms with Crippen molar-refractivity contribution in [1.82, 2.24) is 0 Å². The third-order valence-electron chi connectivity index (χ3n) is 2.92. The Hall–Kier alpha value is -0.990. The molecule has 0 fully saturated rings. The van der Waals surface area contributed by atoms with E-state index in [2.05, 4.69) is 0 Å². The molecule has 0 bridgehead atoms. The van der Waals surface area contributed by atoms with Gasteiger partial charge in [-0.2, -0.15) is 0 Å². The van der Waals surface area contributed by atoms with Gasteiger partial charge in [-0.1, -0.05) is 29.3 Å². The topological polar surface area (TPSA) is 43.1 Å². The molecule has 0 spiro atoms. The minimum absolute atomic E-state index is 0.00787. The average Bonchev–Trinajstić information content (AvgIpc) is 2.35. The van der Waals surface area contributed by atoms with Crippen molar-refractivity contribution in [2.45, 2.75) is 25.7 Å². The minimum atomic E-state index is 0.00787. The second kappa shape index (κ2) is 5.11. The van der Waals surface area contributed by atoms with Crippen molar-refractivity contribution in [1.29, 1.82) is 0 Å². The van der Waals surface area contributed by atoms with Gasteiger partial charge in [0.2, 0.25) is 0 Å². The van der Waals surface area contributed by atoms with Gasteiger partial charge in [0.05, 0.1) is 15.7 Å². The molecular weight excluding hydrogens is 257 g/mol. The summed E-state index contributed by atoms with van der Waals surface area (Å²) in [6.07, 6.45) is 6.02. The SMILES string of the molecule is Nc1c(Cl)cc(C(=O)C2=CCCCC2)cc1Cl. The van der Waals surface area contributed by atoms with Gasteiger partial charge in [0.1, 0.15) is 0 Å². The fourth-order valence-electron chi connectivity index (χ4n) is 1.95. The molecule has 0 aromatic heterocycles. The molecule has 0 saturated carbocycles. The van der Waals surface area contributed by atoms with Crippen molar-refractivity contribution in [3.63, 3.8) is 0 Å². The van der Waals surface area contributed by atoms with Crippen LogP contribution in [0.4, 0.5) is 5.69 Å². The van der Waals surface area contributed by atoms with Crippen LogP contribution < -0.4 is 5.73 Å². The number of carbonyl (C=O) groups is 1. The van der Waals surface area contributed by atoms with E-state index < -0.39 is 0 Å². The number of carbonyl (C=O) groups excluding carboxylic acids is 1. The van der Waals surface area contributed by atoms with E-state index in [-0.39, 0.29) is 5.78 Å². The summed E-state index contributed by atoms with van der Waals surface area (Å²) >= 11 is 11.8. The first kappa shape index (κ1) is 12.5. The molecule has 90 valence electrons. The van der Waals surface area contributed by atoms with Crippen LogP contribution in [0.5, 0.6) is 0 Å². The van der Waals surface area contributed by atoms with Crippen LogP contribution in [0.15, 0.2) is 23.8 Å². The Morgan fingerprint density at radius 1 is 1.18 bits per heavy atom. The summed E-state index contributed by atoms with van der Waals surface area (Å²) in [5.74, 6) is 0.00787. The van der Waals surface area contributed by atoms with Gasteiger partial charge in [0, 0.05) is 5.56 Å². The minimum Gasteiger partial charge on any atom is -0.396 e. The average molecular weight is 270 g/mol. The number of anilines is 1. The zero-order valence-electron chi connectivity index (χ0n) is 9.30. The lowest BCUT2D eigenvalue weighted by atomic mass is 9.93. The summed E-state index contributed by atoms with van der Waals surface area (Å²) in [5.41, 5.74) is 7.33. The Morgan fingerprint density at radius 2 is 1.82 bits per heavy atom. The molecule has 0 amide bonds. The van der Waals surface area contributed by atoms with E-state index in [1.807, 2.05) is 6.08 Å². The van der Waals surface area contributed by atoms with Crippen molar-refractivity contribution in [3.8, 4) is 0 Å². The highest BCUT2D eigenvalue weighted by Crippen LogP contribution is 2.31. The Balaban J connectivity index is 2.34. The van der Waals surface area contributed by atoms with Crippen molar-refractivity contribution in [2.24, 2.45) is 0 Å². The van der Waals surface area contributed by atoms with E-state index in [1.54, 1.807) is 12.1 Å². The first-order valence-electron chi connectivity index (χ1n) is 5.58. The Morgan fingerprint density at radius 3 is 2.35 bits per heavy atom. The molecule has 1 aromatic carbocycles. The van der Waals surface area contributed by atoms with Crippen molar-refractivity contribution in [2.75, 3.05) is 5.73 Å². The molecule has 2 rings (SSSR count). The van der Waals surface area contributed by atoms with Gasteiger partial charge < -0.3 is 5.73 Å².